The van der Waals surface area contributed by atoms with Gasteiger partial charge < -0.3 is 14.4 Å². The minimum absolute atomic E-state index is 0.0340. The molecule has 3 rings (SSSR count). The molecule has 0 spiro atoms. The van der Waals surface area contributed by atoms with E-state index in [4.69, 9.17) is 9.47 Å². The van der Waals surface area contributed by atoms with Gasteiger partial charge in [-0.25, -0.2) is 0 Å². The Morgan fingerprint density at radius 3 is 2.38 bits per heavy atom. The van der Waals surface area contributed by atoms with Gasteiger partial charge in [-0.05, 0) is 37.5 Å². The summed E-state index contributed by atoms with van der Waals surface area (Å²) < 4.78 is 10.8. The van der Waals surface area contributed by atoms with Gasteiger partial charge in [0, 0.05) is 6.54 Å². The summed E-state index contributed by atoms with van der Waals surface area (Å²) in [4.78, 5) is 15.2. The van der Waals surface area contributed by atoms with Crippen molar-refractivity contribution in [3.63, 3.8) is 0 Å². The number of hydrogen-bond acceptors (Lipinski definition) is 3. The van der Waals surface area contributed by atoms with Gasteiger partial charge in [0.2, 0.25) is 0 Å². The maximum Gasteiger partial charge on any atom is 0.261 e. The third-order valence-corrected chi connectivity index (χ3v) is 4.58. The first-order valence-corrected chi connectivity index (χ1v) is 8.24. The lowest BCUT2D eigenvalue weighted by Crippen LogP contribution is -2.31. The van der Waals surface area contributed by atoms with E-state index < -0.39 is 0 Å². The first-order valence-electron chi connectivity index (χ1n) is 8.24. The molecule has 2 aromatic carbocycles. The Hall–Kier alpha value is -2.49. The number of nitrogens with zero attached hydrogens (tertiary/aromatic N) is 1. The molecule has 1 fully saturated rings. The summed E-state index contributed by atoms with van der Waals surface area (Å²) in [6, 6.07) is 13.9. The maximum absolute atomic E-state index is 13.2. The Labute approximate surface area is 143 Å². The second-order valence-corrected chi connectivity index (χ2v) is 6.11. The van der Waals surface area contributed by atoms with Crippen molar-refractivity contribution in [1.29, 1.82) is 0 Å². The molecular weight excluding hydrogens is 302 g/mol. The number of aryl methyl sites for hydroxylation is 1. The second-order valence-electron chi connectivity index (χ2n) is 6.11. The highest BCUT2D eigenvalue weighted by molar-refractivity contribution is 6.00. The topological polar surface area (TPSA) is 38.8 Å². The van der Waals surface area contributed by atoms with Crippen LogP contribution in [0.5, 0.6) is 11.5 Å². The van der Waals surface area contributed by atoms with E-state index in [1.54, 1.807) is 26.4 Å². The van der Waals surface area contributed by atoms with Crippen molar-refractivity contribution >= 4 is 5.91 Å². The fraction of sp³-hybridized carbons (Fsp3) is 0.350. The van der Waals surface area contributed by atoms with Gasteiger partial charge in [0.15, 0.2) is 0 Å². The molecule has 1 aliphatic rings. The fourth-order valence-corrected chi connectivity index (χ4v) is 3.44. The second kappa shape index (κ2) is 6.95. The molecule has 126 valence electrons. The van der Waals surface area contributed by atoms with Gasteiger partial charge >= 0.3 is 0 Å². The first-order chi connectivity index (χ1) is 11.7. The molecule has 24 heavy (non-hydrogen) atoms. The van der Waals surface area contributed by atoms with Gasteiger partial charge in [-0.2, -0.15) is 0 Å². The standard InChI is InChI=1S/C20H23NO3/c1-14-7-4-8-15(13-14)16-9-6-12-21(16)20(22)19-17(23-2)10-5-11-18(19)24-3/h4-5,7-8,10-11,13,16H,6,9,12H2,1-3H3/t16-/m1/s1. The average Bonchev–Trinajstić information content (AvgIpc) is 3.10. The fourth-order valence-electron chi connectivity index (χ4n) is 3.44. The van der Waals surface area contributed by atoms with Crippen LogP contribution in [0.1, 0.15) is 40.4 Å². The Morgan fingerprint density at radius 1 is 1.08 bits per heavy atom. The van der Waals surface area contributed by atoms with Crippen molar-refractivity contribution in [2.45, 2.75) is 25.8 Å². The number of benzene rings is 2. The molecule has 0 saturated carbocycles. The molecule has 2 aromatic rings. The van der Waals surface area contributed by atoms with E-state index in [0.717, 1.165) is 19.4 Å². The number of likely N-dealkylation sites (tertiary alicyclic amines) is 1. The Bertz CT molecular complexity index is 719. The number of carbonyl (C=O) groups is 1. The predicted molar refractivity (Wildman–Crippen MR) is 93.7 cm³/mol. The summed E-state index contributed by atoms with van der Waals surface area (Å²) in [6.07, 6.45) is 1.98. The van der Waals surface area contributed by atoms with Crippen LogP contribution in [-0.2, 0) is 0 Å². The van der Waals surface area contributed by atoms with Crippen LogP contribution in [0, 0.1) is 6.92 Å². The van der Waals surface area contributed by atoms with Crippen molar-refractivity contribution in [2.75, 3.05) is 20.8 Å². The highest BCUT2D eigenvalue weighted by Crippen LogP contribution is 2.37. The van der Waals surface area contributed by atoms with Crippen molar-refractivity contribution < 1.29 is 14.3 Å². The monoisotopic (exact) mass is 325 g/mol. The number of ether oxygens (including phenoxy) is 2. The maximum atomic E-state index is 13.2. The normalized spacial score (nSPS) is 17.0. The Balaban J connectivity index is 1.98. The molecule has 0 radical (unpaired) electrons. The minimum atomic E-state index is -0.0340. The lowest BCUT2D eigenvalue weighted by Gasteiger charge is -2.26. The van der Waals surface area contributed by atoms with Crippen LogP contribution in [0.3, 0.4) is 0 Å². The van der Waals surface area contributed by atoms with Gasteiger partial charge in [-0.15, -0.1) is 0 Å². The van der Waals surface area contributed by atoms with Crippen LogP contribution in [0.25, 0.3) is 0 Å². The van der Waals surface area contributed by atoms with E-state index in [-0.39, 0.29) is 11.9 Å². The molecule has 4 nitrogen and oxygen atoms in total. The molecule has 1 atom stereocenters. The predicted octanol–water partition coefficient (Wildman–Crippen LogP) is 3.99. The molecule has 0 aliphatic carbocycles. The van der Waals surface area contributed by atoms with Crippen LogP contribution in [0.2, 0.25) is 0 Å². The van der Waals surface area contributed by atoms with E-state index in [1.807, 2.05) is 11.0 Å². The largest absolute Gasteiger partial charge is 0.496 e. The summed E-state index contributed by atoms with van der Waals surface area (Å²) >= 11 is 0. The third-order valence-electron chi connectivity index (χ3n) is 4.58. The summed E-state index contributed by atoms with van der Waals surface area (Å²) in [5.41, 5.74) is 2.90. The molecular formula is C20H23NO3. The molecule has 0 bridgehead atoms. The van der Waals surface area contributed by atoms with Crippen LogP contribution in [0.4, 0.5) is 0 Å². The molecule has 0 aromatic heterocycles. The molecule has 1 saturated heterocycles. The van der Waals surface area contributed by atoms with Gasteiger partial charge in [-0.1, -0.05) is 35.9 Å². The number of methoxy groups -OCH3 is 2. The first kappa shape index (κ1) is 16.4. The summed E-state index contributed by atoms with van der Waals surface area (Å²) in [5, 5.41) is 0. The zero-order valence-electron chi connectivity index (χ0n) is 14.4. The summed E-state index contributed by atoms with van der Waals surface area (Å²) in [6.45, 7) is 2.83. The number of rotatable bonds is 4. The molecule has 0 unspecified atom stereocenters. The van der Waals surface area contributed by atoms with Crippen LogP contribution >= 0.6 is 0 Å². The number of amides is 1. The van der Waals surface area contributed by atoms with E-state index in [9.17, 15) is 4.79 Å². The molecule has 4 heteroatoms. The summed E-state index contributed by atoms with van der Waals surface area (Å²) in [5.74, 6) is 1.07. The van der Waals surface area contributed by atoms with Crippen molar-refractivity contribution in [3.8, 4) is 11.5 Å². The smallest absolute Gasteiger partial charge is 0.261 e. The molecule has 1 aliphatic heterocycles. The van der Waals surface area contributed by atoms with Crippen molar-refractivity contribution in [1.82, 2.24) is 4.90 Å². The van der Waals surface area contributed by atoms with Gasteiger partial charge in [0.05, 0.1) is 20.3 Å². The van der Waals surface area contributed by atoms with Crippen LogP contribution in [0.15, 0.2) is 42.5 Å². The van der Waals surface area contributed by atoms with E-state index in [2.05, 4.69) is 31.2 Å². The van der Waals surface area contributed by atoms with Crippen molar-refractivity contribution in [2.24, 2.45) is 0 Å². The van der Waals surface area contributed by atoms with E-state index in [1.165, 1.54) is 11.1 Å². The number of hydrogen-bond donors (Lipinski definition) is 0. The van der Waals surface area contributed by atoms with Crippen LogP contribution in [-0.4, -0.2) is 31.6 Å². The SMILES string of the molecule is COc1cccc(OC)c1C(=O)N1CCC[C@@H]1c1cccc(C)c1. The molecule has 1 amide bonds. The van der Waals surface area contributed by atoms with E-state index >= 15 is 0 Å². The third kappa shape index (κ3) is 2.96. The zero-order chi connectivity index (χ0) is 17.1. The average molecular weight is 325 g/mol. The van der Waals surface area contributed by atoms with E-state index in [0.29, 0.717) is 17.1 Å². The molecule has 0 N–H and O–H groups in total. The highest BCUT2D eigenvalue weighted by atomic mass is 16.5. The lowest BCUT2D eigenvalue weighted by atomic mass is 10.0. The Kier molecular flexibility index (Phi) is 4.74. The quantitative estimate of drug-likeness (QED) is 0.853. The van der Waals surface area contributed by atoms with Gasteiger partial charge in [0.25, 0.3) is 5.91 Å². The van der Waals surface area contributed by atoms with Gasteiger partial charge in [0.1, 0.15) is 17.1 Å². The minimum Gasteiger partial charge on any atom is -0.496 e. The van der Waals surface area contributed by atoms with Crippen LogP contribution < -0.4 is 9.47 Å². The highest BCUT2D eigenvalue weighted by Gasteiger charge is 2.33. The number of carbonyl (C=O) groups excluding carboxylic acids is 1. The Morgan fingerprint density at radius 2 is 1.75 bits per heavy atom. The molecule has 1 heterocycles. The van der Waals surface area contributed by atoms with Crippen molar-refractivity contribution in [3.05, 3.63) is 59.2 Å². The summed E-state index contributed by atoms with van der Waals surface area (Å²) in [7, 11) is 3.15. The zero-order valence-corrected chi connectivity index (χ0v) is 14.4. The lowest BCUT2D eigenvalue weighted by molar-refractivity contribution is 0.0728. The van der Waals surface area contributed by atoms with Gasteiger partial charge in [-0.3, -0.25) is 4.79 Å².